The van der Waals surface area contributed by atoms with Crippen LogP contribution in [0.2, 0.25) is 0 Å². The van der Waals surface area contributed by atoms with Gasteiger partial charge in [0.25, 0.3) is 0 Å². The summed E-state index contributed by atoms with van der Waals surface area (Å²) in [5.74, 6) is -0.513. The highest BCUT2D eigenvalue weighted by Gasteiger charge is 2.22. The van der Waals surface area contributed by atoms with Crippen LogP contribution in [0.3, 0.4) is 0 Å². The first-order valence-electron chi connectivity index (χ1n) is 8.64. The first-order chi connectivity index (χ1) is 13.0. The molecular weight excluding hydrogens is 354 g/mol. The molecule has 0 atom stereocenters. The van der Waals surface area contributed by atoms with Crippen LogP contribution in [0.1, 0.15) is 54.8 Å². The van der Waals surface area contributed by atoms with E-state index in [1.807, 2.05) is 13.8 Å². The van der Waals surface area contributed by atoms with Gasteiger partial charge in [-0.05, 0) is 18.9 Å². The zero-order valence-electron chi connectivity index (χ0n) is 15.4. The molecule has 0 saturated carbocycles. The minimum atomic E-state index is -1.11. The summed E-state index contributed by atoms with van der Waals surface area (Å²) in [4.78, 5) is 32.9. The lowest BCUT2D eigenvalue weighted by molar-refractivity contribution is 0.0696. The van der Waals surface area contributed by atoms with Crippen LogP contribution in [0.25, 0.3) is 11.2 Å². The van der Waals surface area contributed by atoms with Crippen molar-refractivity contribution >= 4 is 17.1 Å². The van der Waals surface area contributed by atoms with E-state index < -0.39 is 5.97 Å². The minimum absolute atomic E-state index is 0.00329. The van der Waals surface area contributed by atoms with Crippen molar-refractivity contribution in [3.63, 3.8) is 0 Å². The molecule has 0 bridgehead atoms. The van der Waals surface area contributed by atoms with Gasteiger partial charge in [-0.3, -0.25) is 9.13 Å². The molecule has 3 rings (SSSR count). The van der Waals surface area contributed by atoms with Crippen molar-refractivity contribution in [2.24, 2.45) is 0 Å². The fourth-order valence-corrected chi connectivity index (χ4v) is 3.08. The van der Waals surface area contributed by atoms with E-state index in [0.717, 1.165) is 12.8 Å². The summed E-state index contributed by atoms with van der Waals surface area (Å²) in [5, 5.41) is 13.1. The summed E-state index contributed by atoms with van der Waals surface area (Å²) in [6, 6.07) is 1.40. The molecular formula is C17H21N5O5. The number of hydrogen-bond acceptors (Lipinski definition) is 7. The highest BCUT2D eigenvalue weighted by molar-refractivity contribution is 5.91. The van der Waals surface area contributed by atoms with E-state index >= 15 is 0 Å². The fourth-order valence-electron chi connectivity index (χ4n) is 3.08. The van der Waals surface area contributed by atoms with Crippen molar-refractivity contribution in [1.82, 2.24) is 24.3 Å². The molecule has 0 fully saturated rings. The molecule has 27 heavy (non-hydrogen) atoms. The first-order valence-corrected chi connectivity index (χ1v) is 8.64. The number of carbonyl (C=O) groups is 1. The van der Waals surface area contributed by atoms with Crippen LogP contribution in [0, 0.1) is 0 Å². The van der Waals surface area contributed by atoms with Gasteiger partial charge in [-0.2, -0.15) is 4.98 Å². The molecule has 10 heteroatoms. The maximum absolute atomic E-state index is 13.1. The van der Waals surface area contributed by atoms with Gasteiger partial charge in [-0.1, -0.05) is 19.0 Å². The number of nitrogens with zero attached hydrogens (tertiary/aromatic N) is 5. The van der Waals surface area contributed by atoms with E-state index in [0.29, 0.717) is 17.0 Å². The molecule has 0 unspecified atom stereocenters. The molecule has 3 aromatic rings. The van der Waals surface area contributed by atoms with Crippen molar-refractivity contribution in [3.05, 3.63) is 40.0 Å². The zero-order chi connectivity index (χ0) is 19.6. The van der Waals surface area contributed by atoms with Crippen LogP contribution >= 0.6 is 0 Å². The minimum Gasteiger partial charge on any atom is -0.478 e. The third-order valence-corrected chi connectivity index (χ3v) is 4.43. The molecule has 0 radical (unpaired) electrons. The van der Waals surface area contributed by atoms with Crippen LogP contribution < -0.4 is 5.69 Å². The van der Waals surface area contributed by atoms with Crippen LogP contribution in [0.4, 0.5) is 0 Å². The topological polar surface area (TPSA) is 125 Å². The standard InChI is InChI=1S/C17H21N5O5/c1-4-11(5-2)22-15-12(6-10(7-18-15)16(23)24)21(17(22)25)8-14-19-13(9-26-3)20-27-14/h6-7,11H,4-5,8-9H2,1-3H3,(H,23,24). The lowest BCUT2D eigenvalue weighted by Crippen LogP contribution is -2.27. The van der Waals surface area contributed by atoms with Gasteiger partial charge in [0.15, 0.2) is 11.5 Å². The number of pyridine rings is 1. The Hall–Kier alpha value is -3.01. The lowest BCUT2D eigenvalue weighted by Gasteiger charge is -2.13. The van der Waals surface area contributed by atoms with Crippen molar-refractivity contribution < 1.29 is 19.2 Å². The summed E-state index contributed by atoms with van der Waals surface area (Å²) in [7, 11) is 1.52. The van der Waals surface area contributed by atoms with E-state index in [1.165, 1.54) is 23.9 Å². The first kappa shape index (κ1) is 18.8. The van der Waals surface area contributed by atoms with Crippen molar-refractivity contribution in [2.75, 3.05) is 7.11 Å². The predicted molar refractivity (Wildman–Crippen MR) is 94.7 cm³/mol. The average Bonchev–Trinajstić information content (AvgIpc) is 3.20. The number of rotatable bonds is 8. The van der Waals surface area contributed by atoms with Gasteiger partial charge < -0.3 is 14.4 Å². The Labute approximate surface area is 154 Å². The van der Waals surface area contributed by atoms with Gasteiger partial charge in [0.1, 0.15) is 13.2 Å². The average molecular weight is 375 g/mol. The van der Waals surface area contributed by atoms with Gasteiger partial charge in [0, 0.05) is 19.3 Å². The van der Waals surface area contributed by atoms with Gasteiger partial charge in [-0.15, -0.1) is 0 Å². The third-order valence-electron chi connectivity index (χ3n) is 4.43. The third kappa shape index (κ3) is 3.47. The number of fused-ring (bicyclic) bond motifs is 1. The molecule has 1 N–H and O–H groups in total. The second kappa shape index (κ2) is 7.70. The summed E-state index contributed by atoms with van der Waals surface area (Å²) < 4.78 is 13.2. The van der Waals surface area contributed by atoms with Crippen LogP contribution in [-0.2, 0) is 17.9 Å². The smallest absolute Gasteiger partial charge is 0.337 e. The molecule has 3 aromatic heterocycles. The number of aromatic carboxylic acids is 1. The van der Waals surface area contributed by atoms with Crippen LogP contribution in [0.5, 0.6) is 0 Å². The van der Waals surface area contributed by atoms with E-state index in [-0.39, 0.29) is 36.3 Å². The van der Waals surface area contributed by atoms with Crippen molar-refractivity contribution in [3.8, 4) is 0 Å². The van der Waals surface area contributed by atoms with Crippen molar-refractivity contribution in [2.45, 2.75) is 45.9 Å². The fraction of sp³-hybridized carbons (Fsp3) is 0.471. The molecule has 0 aliphatic heterocycles. The Bertz CT molecular complexity index is 1010. The van der Waals surface area contributed by atoms with E-state index in [4.69, 9.17) is 9.26 Å². The summed E-state index contributed by atoms with van der Waals surface area (Å²) in [5.41, 5.74) is 0.567. The maximum atomic E-state index is 13.1. The van der Waals surface area contributed by atoms with Crippen LogP contribution in [0.15, 0.2) is 21.6 Å². The summed E-state index contributed by atoms with van der Waals surface area (Å²) in [6.45, 7) is 4.19. The molecule has 0 saturated heterocycles. The molecule has 0 aliphatic carbocycles. The van der Waals surface area contributed by atoms with Gasteiger partial charge >= 0.3 is 11.7 Å². The Morgan fingerprint density at radius 1 is 1.37 bits per heavy atom. The second-order valence-electron chi connectivity index (χ2n) is 6.12. The molecule has 3 heterocycles. The highest BCUT2D eigenvalue weighted by Crippen LogP contribution is 2.21. The Morgan fingerprint density at radius 2 is 2.11 bits per heavy atom. The largest absolute Gasteiger partial charge is 0.478 e. The SMILES string of the molecule is CCC(CC)n1c(=O)n(Cc2nc(COC)no2)c2cc(C(=O)O)cnc21. The summed E-state index contributed by atoms with van der Waals surface area (Å²) >= 11 is 0. The van der Waals surface area contributed by atoms with Gasteiger partial charge in [-0.25, -0.2) is 14.6 Å². The number of carboxylic acid groups (broad SMARTS) is 1. The molecule has 0 amide bonds. The molecule has 144 valence electrons. The maximum Gasteiger partial charge on any atom is 0.337 e. The van der Waals surface area contributed by atoms with Gasteiger partial charge in [0.2, 0.25) is 5.89 Å². The van der Waals surface area contributed by atoms with Gasteiger partial charge in [0.05, 0.1) is 11.1 Å². The molecule has 0 aromatic carbocycles. The molecule has 0 aliphatic rings. The number of hydrogen-bond donors (Lipinski definition) is 1. The zero-order valence-corrected chi connectivity index (χ0v) is 15.4. The number of ether oxygens (including phenoxy) is 1. The normalized spacial score (nSPS) is 11.6. The quantitative estimate of drug-likeness (QED) is 0.632. The molecule has 10 nitrogen and oxygen atoms in total. The monoisotopic (exact) mass is 375 g/mol. The number of aromatic nitrogens is 5. The lowest BCUT2D eigenvalue weighted by atomic mass is 10.1. The number of imidazole rings is 1. The number of carboxylic acids is 1. The van der Waals surface area contributed by atoms with E-state index in [9.17, 15) is 14.7 Å². The molecule has 0 spiro atoms. The van der Waals surface area contributed by atoms with E-state index in [1.54, 1.807) is 4.57 Å². The highest BCUT2D eigenvalue weighted by atomic mass is 16.5. The Kier molecular flexibility index (Phi) is 5.36. The van der Waals surface area contributed by atoms with Crippen molar-refractivity contribution in [1.29, 1.82) is 0 Å². The predicted octanol–water partition coefficient (Wildman–Crippen LogP) is 1.83. The summed E-state index contributed by atoms with van der Waals surface area (Å²) in [6.07, 6.45) is 2.75. The number of methoxy groups -OCH3 is 1. The second-order valence-corrected chi connectivity index (χ2v) is 6.12. The van der Waals surface area contributed by atoms with Crippen LogP contribution in [-0.4, -0.2) is 42.4 Å². The Balaban J connectivity index is 2.16. The van der Waals surface area contributed by atoms with E-state index in [2.05, 4.69) is 15.1 Å². The Morgan fingerprint density at radius 3 is 2.74 bits per heavy atom.